The average Bonchev–Trinajstić information content (AvgIpc) is 2.39. The number of hydrogen-bond donors (Lipinski definition) is 1. The summed E-state index contributed by atoms with van der Waals surface area (Å²) in [7, 11) is 1.53. The molecule has 18 heavy (non-hydrogen) atoms. The molecule has 1 N–H and O–H groups in total. The van der Waals surface area contributed by atoms with E-state index in [9.17, 15) is 4.79 Å². The SMILES string of the molecule is COc1cc(-c2cc(C#N)c(=O)[nH]c2C)ccn1. The minimum absolute atomic E-state index is 0.0892. The number of nitrogens with one attached hydrogen (secondary N) is 1. The van der Waals surface area contributed by atoms with E-state index in [0.717, 1.165) is 11.1 Å². The number of methoxy groups -OCH3 is 1. The Morgan fingerprint density at radius 2 is 2.22 bits per heavy atom. The van der Waals surface area contributed by atoms with Gasteiger partial charge in [0.15, 0.2) is 0 Å². The molecule has 0 aliphatic carbocycles. The summed E-state index contributed by atoms with van der Waals surface area (Å²) in [4.78, 5) is 18.1. The molecule has 0 amide bonds. The lowest BCUT2D eigenvalue weighted by Crippen LogP contribution is -2.11. The van der Waals surface area contributed by atoms with Crippen LogP contribution < -0.4 is 10.3 Å². The lowest BCUT2D eigenvalue weighted by Gasteiger charge is -2.07. The highest BCUT2D eigenvalue weighted by atomic mass is 16.5. The maximum atomic E-state index is 11.5. The van der Waals surface area contributed by atoms with Crippen LogP contribution in [0.5, 0.6) is 5.88 Å². The molecule has 2 rings (SSSR count). The molecule has 0 unspecified atom stereocenters. The zero-order valence-corrected chi connectivity index (χ0v) is 10.0. The largest absolute Gasteiger partial charge is 0.481 e. The second-order valence-electron chi connectivity index (χ2n) is 3.75. The molecule has 5 heteroatoms. The van der Waals surface area contributed by atoms with Gasteiger partial charge in [-0.25, -0.2) is 4.98 Å². The van der Waals surface area contributed by atoms with E-state index in [0.29, 0.717) is 11.6 Å². The van der Waals surface area contributed by atoms with Gasteiger partial charge in [0.2, 0.25) is 5.88 Å². The van der Waals surface area contributed by atoms with Crippen molar-refractivity contribution >= 4 is 0 Å². The number of nitrogens with zero attached hydrogens (tertiary/aromatic N) is 2. The van der Waals surface area contributed by atoms with Gasteiger partial charge in [0.1, 0.15) is 11.6 Å². The molecule has 2 aromatic rings. The van der Waals surface area contributed by atoms with Crippen molar-refractivity contribution in [3.8, 4) is 23.1 Å². The molecule has 5 nitrogen and oxygen atoms in total. The first-order valence-electron chi connectivity index (χ1n) is 5.30. The van der Waals surface area contributed by atoms with Gasteiger partial charge in [-0.3, -0.25) is 4.79 Å². The fourth-order valence-corrected chi connectivity index (χ4v) is 1.69. The Labute approximate surface area is 104 Å². The van der Waals surface area contributed by atoms with Crippen LogP contribution in [0.4, 0.5) is 0 Å². The molecular formula is C13H11N3O2. The Morgan fingerprint density at radius 1 is 1.44 bits per heavy atom. The van der Waals surface area contributed by atoms with Crippen molar-refractivity contribution in [1.29, 1.82) is 5.26 Å². The van der Waals surface area contributed by atoms with E-state index in [1.54, 1.807) is 31.3 Å². The van der Waals surface area contributed by atoms with Gasteiger partial charge in [-0.05, 0) is 24.6 Å². The van der Waals surface area contributed by atoms with Gasteiger partial charge in [-0.15, -0.1) is 0 Å². The van der Waals surface area contributed by atoms with Crippen LogP contribution in [-0.4, -0.2) is 17.1 Å². The number of aromatic nitrogens is 2. The standard InChI is InChI=1S/C13H11N3O2/c1-8-11(5-10(7-14)13(17)16-8)9-3-4-15-12(6-9)18-2/h3-6H,1-2H3,(H,16,17). The van der Waals surface area contributed by atoms with Crippen molar-refractivity contribution in [3.05, 3.63) is 46.0 Å². The van der Waals surface area contributed by atoms with Gasteiger partial charge >= 0.3 is 0 Å². The summed E-state index contributed by atoms with van der Waals surface area (Å²) >= 11 is 0. The maximum Gasteiger partial charge on any atom is 0.266 e. The van der Waals surface area contributed by atoms with Gasteiger partial charge in [0, 0.05) is 23.5 Å². The number of ether oxygens (including phenoxy) is 1. The van der Waals surface area contributed by atoms with Crippen molar-refractivity contribution < 1.29 is 4.74 Å². The van der Waals surface area contributed by atoms with E-state index in [1.807, 2.05) is 6.07 Å². The third kappa shape index (κ3) is 2.09. The van der Waals surface area contributed by atoms with Crippen LogP contribution in [0.15, 0.2) is 29.2 Å². The quantitative estimate of drug-likeness (QED) is 0.866. The third-order valence-electron chi connectivity index (χ3n) is 2.61. The second kappa shape index (κ2) is 4.72. The fourth-order valence-electron chi connectivity index (χ4n) is 1.69. The zero-order chi connectivity index (χ0) is 13.1. The minimum Gasteiger partial charge on any atom is -0.481 e. The molecule has 0 aromatic carbocycles. The van der Waals surface area contributed by atoms with E-state index in [1.165, 1.54) is 7.11 Å². The average molecular weight is 241 g/mol. The third-order valence-corrected chi connectivity index (χ3v) is 2.61. The van der Waals surface area contributed by atoms with Gasteiger partial charge in [-0.2, -0.15) is 5.26 Å². The van der Waals surface area contributed by atoms with Crippen LogP contribution in [0.1, 0.15) is 11.3 Å². The molecule has 2 heterocycles. The first-order valence-corrected chi connectivity index (χ1v) is 5.30. The Kier molecular flexibility index (Phi) is 3.11. The highest BCUT2D eigenvalue weighted by molar-refractivity contribution is 5.67. The lowest BCUT2D eigenvalue weighted by molar-refractivity contribution is 0.398. The Morgan fingerprint density at radius 3 is 2.89 bits per heavy atom. The van der Waals surface area contributed by atoms with Crippen LogP contribution in [0.25, 0.3) is 11.1 Å². The van der Waals surface area contributed by atoms with Crippen LogP contribution in [0, 0.1) is 18.3 Å². The Balaban J connectivity index is 2.63. The number of aryl methyl sites for hydroxylation is 1. The van der Waals surface area contributed by atoms with Crippen molar-refractivity contribution in [1.82, 2.24) is 9.97 Å². The predicted molar refractivity (Wildman–Crippen MR) is 66.3 cm³/mol. The maximum absolute atomic E-state index is 11.5. The van der Waals surface area contributed by atoms with Crippen molar-refractivity contribution in [2.24, 2.45) is 0 Å². The summed E-state index contributed by atoms with van der Waals surface area (Å²) in [5, 5.41) is 8.87. The van der Waals surface area contributed by atoms with Crippen molar-refractivity contribution in [2.75, 3.05) is 7.11 Å². The van der Waals surface area contributed by atoms with Gasteiger partial charge < -0.3 is 9.72 Å². The smallest absolute Gasteiger partial charge is 0.266 e. The molecule has 2 aromatic heterocycles. The van der Waals surface area contributed by atoms with E-state index in [4.69, 9.17) is 10.00 Å². The number of aromatic amines is 1. The molecule has 0 spiro atoms. The molecule has 0 fully saturated rings. The van der Waals surface area contributed by atoms with Gasteiger partial charge in [0.25, 0.3) is 5.56 Å². The highest BCUT2D eigenvalue weighted by Gasteiger charge is 2.08. The molecule has 0 aliphatic rings. The van der Waals surface area contributed by atoms with E-state index in [-0.39, 0.29) is 11.1 Å². The van der Waals surface area contributed by atoms with Crippen LogP contribution in [-0.2, 0) is 0 Å². The minimum atomic E-state index is -0.375. The monoisotopic (exact) mass is 241 g/mol. The first kappa shape index (κ1) is 11.9. The molecule has 0 atom stereocenters. The molecule has 0 saturated carbocycles. The zero-order valence-electron chi connectivity index (χ0n) is 10.0. The summed E-state index contributed by atoms with van der Waals surface area (Å²) in [6.45, 7) is 1.78. The van der Waals surface area contributed by atoms with Crippen LogP contribution in [0.3, 0.4) is 0 Å². The molecular weight excluding hydrogens is 230 g/mol. The lowest BCUT2D eigenvalue weighted by atomic mass is 10.0. The summed E-state index contributed by atoms with van der Waals surface area (Å²) < 4.78 is 5.05. The molecule has 0 aliphatic heterocycles. The summed E-state index contributed by atoms with van der Waals surface area (Å²) in [5.74, 6) is 0.483. The number of hydrogen-bond acceptors (Lipinski definition) is 4. The molecule has 90 valence electrons. The first-order chi connectivity index (χ1) is 8.65. The number of rotatable bonds is 2. The fraction of sp³-hybridized carbons (Fsp3) is 0.154. The second-order valence-corrected chi connectivity index (χ2v) is 3.75. The van der Waals surface area contributed by atoms with Crippen LogP contribution in [0.2, 0.25) is 0 Å². The Hall–Kier alpha value is -2.61. The van der Waals surface area contributed by atoms with E-state index in [2.05, 4.69) is 9.97 Å². The van der Waals surface area contributed by atoms with E-state index < -0.39 is 0 Å². The highest BCUT2D eigenvalue weighted by Crippen LogP contribution is 2.24. The number of pyridine rings is 2. The van der Waals surface area contributed by atoms with Crippen LogP contribution >= 0.6 is 0 Å². The van der Waals surface area contributed by atoms with Crippen molar-refractivity contribution in [3.63, 3.8) is 0 Å². The predicted octanol–water partition coefficient (Wildman–Crippen LogP) is 1.63. The number of H-pyrrole nitrogens is 1. The molecule has 0 saturated heterocycles. The summed E-state index contributed by atoms with van der Waals surface area (Å²) in [6, 6.07) is 6.99. The topological polar surface area (TPSA) is 78.8 Å². The van der Waals surface area contributed by atoms with Gasteiger partial charge in [0.05, 0.1) is 7.11 Å². The number of nitriles is 1. The van der Waals surface area contributed by atoms with E-state index >= 15 is 0 Å². The summed E-state index contributed by atoms with van der Waals surface area (Å²) in [5.41, 5.74) is 2.04. The molecule has 0 bridgehead atoms. The molecule has 0 radical (unpaired) electrons. The Bertz CT molecular complexity index is 683. The summed E-state index contributed by atoms with van der Waals surface area (Å²) in [6.07, 6.45) is 1.62. The van der Waals surface area contributed by atoms with Crippen molar-refractivity contribution in [2.45, 2.75) is 6.92 Å². The normalized spacial score (nSPS) is 9.83. The van der Waals surface area contributed by atoms with Gasteiger partial charge in [-0.1, -0.05) is 0 Å².